The monoisotopic (exact) mass is 241 g/mol. The van der Waals surface area contributed by atoms with Gasteiger partial charge in [-0.1, -0.05) is 0 Å². The van der Waals surface area contributed by atoms with Gasteiger partial charge in [-0.25, -0.2) is 13.1 Å². The average molecular weight is 242 g/mol. The van der Waals surface area contributed by atoms with Crippen molar-refractivity contribution in [2.45, 2.75) is 31.9 Å². The number of sulfonamides is 1. The minimum Gasteiger partial charge on any atom is -0.377 e. The minimum absolute atomic E-state index is 0.0271. The molecule has 1 N–H and O–H groups in total. The van der Waals surface area contributed by atoms with Crippen molar-refractivity contribution in [1.29, 1.82) is 0 Å². The van der Waals surface area contributed by atoms with E-state index < -0.39 is 10.0 Å². The smallest absolute Gasteiger partial charge is 0.211 e. The molecule has 1 heterocycles. The number of alkyl halides is 1. The number of halogens is 1. The summed E-state index contributed by atoms with van der Waals surface area (Å²) in [5.74, 6) is 0.470. The Labute approximate surface area is 90.0 Å². The van der Waals surface area contributed by atoms with Crippen molar-refractivity contribution in [1.82, 2.24) is 4.72 Å². The molecule has 2 atom stereocenters. The quantitative estimate of drug-likeness (QED) is 0.722. The molecule has 0 saturated carbocycles. The minimum atomic E-state index is -3.17. The van der Waals surface area contributed by atoms with Gasteiger partial charge in [-0.3, -0.25) is 0 Å². The Morgan fingerprint density at radius 3 is 2.79 bits per heavy atom. The summed E-state index contributed by atoms with van der Waals surface area (Å²) < 4.78 is 30.8. The first-order valence-electron chi connectivity index (χ1n) is 4.73. The molecule has 1 aliphatic rings. The first-order valence-corrected chi connectivity index (χ1v) is 6.91. The average Bonchev–Trinajstić information content (AvgIpc) is 2.48. The molecule has 0 aliphatic carbocycles. The third kappa shape index (κ3) is 3.73. The summed E-state index contributed by atoms with van der Waals surface area (Å²) >= 11 is 5.44. The lowest BCUT2D eigenvalue weighted by Crippen LogP contribution is -2.40. The Morgan fingerprint density at radius 1 is 1.57 bits per heavy atom. The van der Waals surface area contributed by atoms with Crippen LogP contribution in [-0.4, -0.2) is 38.8 Å². The maximum Gasteiger partial charge on any atom is 0.211 e. The van der Waals surface area contributed by atoms with Gasteiger partial charge >= 0.3 is 0 Å². The summed E-state index contributed by atoms with van der Waals surface area (Å²) in [7, 11) is -3.17. The molecule has 0 aromatic heterocycles. The van der Waals surface area contributed by atoms with Gasteiger partial charge in [-0.15, -0.1) is 11.6 Å². The molecule has 4 nitrogen and oxygen atoms in total. The van der Waals surface area contributed by atoms with Gasteiger partial charge in [0.2, 0.25) is 10.0 Å². The number of hydrogen-bond acceptors (Lipinski definition) is 3. The van der Waals surface area contributed by atoms with Gasteiger partial charge in [-0.05, 0) is 19.8 Å². The number of ether oxygens (including phenoxy) is 1. The van der Waals surface area contributed by atoms with E-state index in [0.717, 1.165) is 6.42 Å². The van der Waals surface area contributed by atoms with Gasteiger partial charge in [0.1, 0.15) is 0 Å². The second-order valence-corrected chi connectivity index (χ2v) is 5.70. The molecule has 1 saturated heterocycles. The molecule has 84 valence electrons. The van der Waals surface area contributed by atoms with E-state index in [1.54, 1.807) is 0 Å². The Morgan fingerprint density at radius 2 is 2.29 bits per heavy atom. The van der Waals surface area contributed by atoms with Gasteiger partial charge in [0.15, 0.2) is 0 Å². The van der Waals surface area contributed by atoms with E-state index in [2.05, 4.69) is 4.72 Å². The van der Waals surface area contributed by atoms with Gasteiger partial charge < -0.3 is 4.74 Å². The molecule has 6 heteroatoms. The fourth-order valence-electron chi connectivity index (χ4n) is 1.42. The molecule has 2 unspecified atom stereocenters. The predicted octanol–water partition coefficient (Wildman–Crippen LogP) is 0.712. The van der Waals surface area contributed by atoms with Crippen molar-refractivity contribution >= 4 is 21.6 Å². The second-order valence-electron chi connectivity index (χ2n) is 3.45. The SMILES string of the molecule is CC1OCCC1NS(=O)(=O)CCCCl. The van der Waals surface area contributed by atoms with Crippen LogP contribution in [0.15, 0.2) is 0 Å². The molecule has 1 rings (SSSR count). The molecular formula is C8H16ClNO3S. The fraction of sp³-hybridized carbons (Fsp3) is 1.00. The molecule has 0 radical (unpaired) electrons. The highest BCUT2D eigenvalue weighted by atomic mass is 35.5. The normalized spacial score (nSPS) is 28.1. The molecule has 0 aromatic rings. The highest BCUT2D eigenvalue weighted by Crippen LogP contribution is 2.13. The second kappa shape index (κ2) is 5.30. The number of nitrogens with one attached hydrogen (secondary N) is 1. The van der Waals surface area contributed by atoms with E-state index in [-0.39, 0.29) is 17.9 Å². The van der Waals surface area contributed by atoms with Crippen LogP contribution in [0.2, 0.25) is 0 Å². The summed E-state index contributed by atoms with van der Waals surface area (Å²) in [6.07, 6.45) is 1.21. The highest BCUT2D eigenvalue weighted by Gasteiger charge is 2.27. The molecule has 14 heavy (non-hydrogen) atoms. The highest BCUT2D eigenvalue weighted by molar-refractivity contribution is 7.89. The summed E-state index contributed by atoms with van der Waals surface area (Å²) in [5.41, 5.74) is 0. The van der Waals surface area contributed by atoms with Crippen molar-refractivity contribution in [2.75, 3.05) is 18.2 Å². The van der Waals surface area contributed by atoms with Gasteiger partial charge in [0.25, 0.3) is 0 Å². The Bertz CT molecular complexity index is 268. The van der Waals surface area contributed by atoms with E-state index in [9.17, 15) is 8.42 Å². The van der Waals surface area contributed by atoms with E-state index in [4.69, 9.17) is 16.3 Å². The number of hydrogen-bond donors (Lipinski definition) is 1. The third-order valence-electron chi connectivity index (χ3n) is 2.25. The largest absolute Gasteiger partial charge is 0.377 e. The van der Waals surface area contributed by atoms with Crippen molar-refractivity contribution < 1.29 is 13.2 Å². The zero-order chi connectivity index (χ0) is 10.6. The van der Waals surface area contributed by atoms with Crippen LogP contribution in [-0.2, 0) is 14.8 Å². The summed E-state index contributed by atoms with van der Waals surface area (Å²) in [6.45, 7) is 2.51. The molecule has 0 amide bonds. The zero-order valence-electron chi connectivity index (χ0n) is 8.20. The van der Waals surface area contributed by atoms with Crippen LogP contribution in [0, 0.1) is 0 Å². The van der Waals surface area contributed by atoms with Crippen molar-refractivity contribution in [3.63, 3.8) is 0 Å². The number of rotatable bonds is 5. The lowest BCUT2D eigenvalue weighted by molar-refractivity contribution is 0.117. The van der Waals surface area contributed by atoms with Crippen molar-refractivity contribution in [2.24, 2.45) is 0 Å². The molecule has 0 spiro atoms. The Hall–Kier alpha value is 0.160. The maximum absolute atomic E-state index is 11.5. The first-order chi connectivity index (χ1) is 6.55. The van der Waals surface area contributed by atoms with Crippen LogP contribution in [0.1, 0.15) is 19.8 Å². The molecule has 0 bridgehead atoms. The van der Waals surface area contributed by atoms with Crippen molar-refractivity contribution in [3.05, 3.63) is 0 Å². The van der Waals surface area contributed by atoms with E-state index in [1.165, 1.54) is 0 Å². The summed E-state index contributed by atoms with van der Waals surface area (Å²) in [5, 5.41) is 0. The van der Waals surface area contributed by atoms with Gasteiger partial charge in [0, 0.05) is 18.5 Å². The van der Waals surface area contributed by atoms with Crippen LogP contribution >= 0.6 is 11.6 Å². The van der Waals surface area contributed by atoms with Crippen molar-refractivity contribution in [3.8, 4) is 0 Å². The van der Waals surface area contributed by atoms with Crippen LogP contribution in [0.3, 0.4) is 0 Å². The lowest BCUT2D eigenvalue weighted by atomic mass is 10.2. The Kier molecular flexibility index (Phi) is 4.63. The van der Waals surface area contributed by atoms with Gasteiger partial charge in [0.05, 0.1) is 11.9 Å². The van der Waals surface area contributed by atoms with E-state index in [1.807, 2.05) is 6.92 Å². The van der Waals surface area contributed by atoms with Crippen LogP contribution in [0.4, 0.5) is 0 Å². The molecule has 1 aliphatic heterocycles. The fourth-order valence-corrected chi connectivity index (χ4v) is 3.13. The van der Waals surface area contributed by atoms with E-state index >= 15 is 0 Å². The Balaban J connectivity index is 2.42. The summed E-state index contributed by atoms with van der Waals surface area (Å²) in [4.78, 5) is 0. The van der Waals surface area contributed by atoms with E-state index in [0.29, 0.717) is 18.9 Å². The zero-order valence-corrected chi connectivity index (χ0v) is 9.77. The standard InChI is InChI=1S/C8H16ClNO3S/c1-7-8(3-5-13-7)10-14(11,12)6-2-4-9/h7-8,10H,2-6H2,1H3. The first kappa shape index (κ1) is 12.2. The molecular weight excluding hydrogens is 226 g/mol. The molecule has 1 fully saturated rings. The van der Waals surface area contributed by atoms with Crippen LogP contribution in [0.25, 0.3) is 0 Å². The van der Waals surface area contributed by atoms with Crippen LogP contribution < -0.4 is 4.72 Å². The molecule has 0 aromatic carbocycles. The van der Waals surface area contributed by atoms with Gasteiger partial charge in [-0.2, -0.15) is 0 Å². The maximum atomic E-state index is 11.5. The van der Waals surface area contributed by atoms with Crippen LogP contribution in [0.5, 0.6) is 0 Å². The summed E-state index contributed by atoms with van der Waals surface area (Å²) in [6, 6.07) is -0.0738. The predicted molar refractivity (Wildman–Crippen MR) is 56.1 cm³/mol. The lowest BCUT2D eigenvalue weighted by Gasteiger charge is -2.15. The topological polar surface area (TPSA) is 55.4 Å². The third-order valence-corrected chi connectivity index (χ3v) is 4.01.